The molecule has 0 aromatic heterocycles. The Morgan fingerprint density at radius 1 is 0.762 bits per heavy atom. The molecule has 1 atom stereocenters. The summed E-state index contributed by atoms with van der Waals surface area (Å²) in [6, 6.07) is 0. The fraction of sp³-hybridized carbons (Fsp3) is 0.583. The zero-order chi connectivity index (χ0) is 31.4. The molecule has 0 aromatic carbocycles. The highest BCUT2D eigenvalue weighted by Gasteiger charge is 2.18. The van der Waals surface area contributed by atoms with Crippen LogP contribution in [0.2, 0.25) is 0 Å². The number of esters is 3. The first kappa shape index (κ1) is 38.7. The maximum atomic E-state index is 12.3. The van der Waals surface area contributed by atoms with Crippen molar-refractivity contribution in [1.82, 2.24) is 0 Å². The van der Waals surface area contributed by atoms with Gasteiger partial charge in [0.25, 0.3) is 0 Å². The molecule has 0 aliphatic carbocycles. The van der Waals surface area contributed by atoms with E-state index in [4.69, 9.17) is 14.2 Å². The van der Waals surface area contributed by atoms with Crippen LogP contribution in [0.15, 0.2) is 59.3 Å². The number of unbranched alkanes of at least 4 members (excludes halogenated alkanes) is 7. The number of hydrogen-bond acceptors (Lipinski definition) is 6. The summed E-state index contributed by atoms with van der Waals surface area (Å²) in [5.74, 6) is 4.82. The molecule has 234 valence electrons. The van der Waals surface area contributed by atoms with Crippen LogP contribution >= 0.6 is 0 Å². The number of hydrogen-bond donors (Lipinski definition) is 0. The second-order valence-corrected chi connectivity index (χ2v) is 10.6. The fourth-order valence-electron chi connectivity index (χ4n) is 3.79. The van der Waals surface area contributed by atoms with Gasteiger partial charge in [-0.3, -0.25) is 14.4 Å². The molecule has 6 nitrogen and oxygen atoms in total. The molecule has 0 aliphatic heterocycles. The Hall–Kier alpha value is -3.33. The first-order valence-corrected chi connectivity index (χ1v) is 15.4. The van der Waals surface area contributed by atoms with Gasteiger partial charge in [0, 0.05) is 32.3 Å². The molecule has 0 bridgehead atoms. The van der Waals surface area contributed by atoms with Crippen LogP contribution in [0, 0.1) is 11.8 Å². The highest BCUT2D eigenvalue weighted by Crippen LogP contribution is 2.15. The number of allylic oxidation sites excluding steroid dienone is 7. The number of rotatable bonds is 21. The fourth-order valence-corrected chi connectivity index (χ4v) is 3.79. The highest BCUT2D eigenvalue weighted by molar-refractivity contribution is 5.69. The normalized spacial score (nSPS) is 12.5. The molecule has 0 saturated heterocycles. The average Bonchev–Trinajstić information content (AvgIpc) is 2.92. The quantitative estimate of drug-likeness (QED) is 0.0443. The van der Waals surface area contributed by atoms with E-state index in [0.717, 1.165) is 49.7 Å². The molecule has 0 heterocycles. The average molecular weight is 583 g/mol. The highest BCUT2D eigenvalue weighted by atomic mass is 16.6. The van der Waals surface area contributed by atoms with E-state index in [-0.39, 0.29) is 19.2 Å². The lowest BCUT2D eigenvalue weighted by molar-refractivity contribution is -0.146. The standard InChI is InChI=1S/C36H54O6/c1-7-8-9-10-11-12-13-14-15-16-17-18-19-20-24-36(39)40-28-27-34(29-41-32(5)37)35(42-33(6)38)26-25-31(4)23-21-22-30(2)3/h11-12,14-15,22,25,27,35H,7-10,13,16-20,24,26,28-29H2,1-6H3/b12-11+,15-14+,31-25+,34-27+. The molecule has 6 heteroatoms. The van der Waals surface area contributed by atoms with Gasteiger partial charge in [0.15, 0.2) is 0 Å². The summed E-state index contributed by atoms with van der Waals surface area (Å²) in [4.78, 5) is 35.5. The van der Waals surface area contributed by atoms with E-state index < -0.39 is 18.0 Å². The lowest BCUT2D eigenvalue weighted by atomic mass is 10.1. The first-order valence-electron chi connectivity index (χ1n) is 15.4. The monoisotopic (exact) mass is 582 g/mol. The van der Waals surface area contributed by atoms with Crippen molar-refractivity contribution in [3.05, 3.63) is 59.3 Å². The summed E-state index contributed by atoms with van der Waals surface area (Å²) in [7, 11) is 0. The minimum Gasteiger partial charge on any atom is -0.461 e. The van der Waals surface area contributed by atoms with E-state index in [1.54, 1.807) is 6.08 Å². The Morgan fingerprint density at radius 2 is 1.43 bits per heavy atom. The van der Waals surface area contributed by atoms with E-state index in [1.165, 1.54) is 39.5 Å². The third-order valence-corrected chi connectivity index (χ3v) is 6.10. The molecule has 0 aliphatic rings. The summed E-state index contributed by atoms with van der Waals surface area (Å²) in [5.41, 5.74) is 2.48. The van der Waals surface area contributed by atoms with Gasteiger partial charge in [-0.1, -0.05) is 80.4 Å². The predicted molar refractivity (Wildman–Crippen MR) is 172 cm³/mol. The second kappa shape index (κ2) is 26.6. The Balaban J connectivity index is 4.67. The molecule has 0 fully saturated rings. The van der Waals surface area contributed by atoms with Crippen molar-refractivity contribution in [1.29, 1.82) is 0 Å². The van der Waals surface area contributed by atoms with Crippen LogP contribution in [0.1, 0.15) is 119 Å². The third kappa shape index (κ3) is 25.6. The topological polar surface area (TPSA) is 78.9 Å². The Kier molecular flexibility index (Phi) is 24.5. The molecule has 0 spiro atoms. The van der Waals surface area contributed by atoms with Gasteiger partial charge in [0.2, 0.25) is 0 Å². The molecule has 0 rings (SSSR count). The third-order valence-electron chi connectivity index (χ3n) is 6.10. The van der Waals surface area contributed by atoms with Crippen LogP contribution in [0.5, 0.6) is 0 Å². The summed E-state index contributed by atoms with van der Waals surface area (Å²) in [6.45, 7) is 10.6. The van der Waals surface area contributed by atoms with Crippen LogP contribution < -0.4 is 0 Å². The summed E-state index contributed by atoms with van der Waals surface area (Å²) in [5, 5.41) is 0. The minimum atomic E-state index is -0.670. The van der Waals surface area contributed by atoms with Crippen LogP contribution in [0.3, 0.4) is 0 Å². The first-order chi connectivity index (χ1) is 20.1. The van der Waals surface area contributed by atoms with E-state index >= 15 is 0 Å². The molecule has 0 N–H and O–H groups in total. The van der Waals surface area contributed by atoms with Crippen molar-refractivity contribution in [2.75, 3.05) is 13.2 Å². The number of carbonyl (C=O) groups excluding carboxylic acids is 3. The SMILES string of the molecule is CCCCC/C=C/C/C=C/CCCCCCC(=O)OC/C=C(\COC(C)=O)C(C/C=C(\C)C#CC=C(C)C)OC(C)=O. The molecule has 0 amide bonds. The zero-order valence-corrected chi connectivity index (χ0v) is 27.0. The second-order valence-electron chi connectivity index (χ2n) is 10.6. The summed E-state index contributed by atoms with van der Waals surface area (Å²) >= 11 is 0. The van der Waals surface area contributed by atoms with Gasteiger partial charge in [-0.15, -0.1) is 0 Å². The largest absolute Gasteiger partial charge is 0.461 e. The van der Waals surface area contributed by atoms with Gasteiger partial charge in [0.1, 0.15) is 19.3 Å². The van der Waals surface area contributed by atoms with Gasteiger partial charge in [-0.25, -0.2) is 0 Å². The molecular weight excluding hydrogens is 528 g/mol. The maximum Gasteiger partial charge on any atom is 0.306 e. The summed E-state index contributed by atoms with van der Waals surface area (Å²) < 4.78 is 16.1. The van der Waals surface area contributed by atoms with Crippen molar-refractivity contribution in [3.8, 4) is 11.8 Å². The predicted octanol–water partition coefficient (Wildman–Crippen LogP) is 8.68. The molecule has 0 aromatic rings. The van der Waals surface area contributed by atoms with Gasteiger partial charge < -0.3 is 14.2 Å². The van der Waals surface area contributed by atoms with Crippen LogP contribution in [0.4, 0.5) is 0 Å². The van der Waals surface area contributed by atoms with Crippen LogP contribution in [0.25, 0.3) is 0 Å². The summed E-state index contributed by atoms with van der Waals surface area (Å²) in [6.07, 6.45) is 25.4. The molecule has 0 radical (unpaired) electrons. The van der Waals surface area contributed by atoms with Crippen molar-refractivity contribution < 1.29 is 28.6 Å². The van der Waals surface area contributed by atoms with Crippen LogP contribution in [-0.2, 0) is 28.6 Å². The smallest absolute Gasteiger partial charge is 0.306 e. The Morgan fingerprint density at radius 3 is 2.05 bits per heavy atom. The van der Waals surface area contributed by atoms with Crippen LogP contribution in [-0.4, -0.2) is 37.2 Å². The molecule has 0 saturated carbocycles. The Labute approximate surface area is 255 Å². The number of ether oxygens (including phenoxy) is 3. The number of carbonyl (C=O) groups is 3. The molecule has 42 heavy (non-hydrogen) atoms. The lowest BCUT2D eigenvalue weighted by Crippen LogP contribution is -2.23. The van der Waals surface area contributed by atoms with E-state index in [0.29, 0.717) is 18.4 Å². The van der Waals surface area contributed by atoms with E-state index in [1.807, 2.05) is 32.9 Å². The van der Waals surface area contributed by atoms with Crippen molar-refractivity contribution in [2.24, 2.45) is 0 Å². The van der Waals surface area contributed by atoms with E-state index in [9.17, 15) is 14.4 Å². The molecule has 1 unspecified atom stereocenters. The van der Waals surface area contributed by atoms with Crippen molar-refractivity contribution in [2.45, 2.75) is 125 Å². The maximum absolute atomic E-state index is 12.3. The zero-order valence-electron chi connectivity index (χ0n) is 27.0. The Bertz CT molecular complexity index is 996. The van der Waals surface area contributed by atoms with Gasteiger partial charge in [-0.2, -0.15) is 0 Å². The van der Waals surface area contributed by atoms with Crippen molar-refractivity contribution in [3.63, 3.8) is 0 Å². The van der Waals surface area contributed by atoms with Gasteiger partial charge in [0.05, 0.1) is 0 Å². The minimum absolute atomic E-state index is 0.00805. The van der Waals surface area contributed by atoms with Gasteiger partial charge in [-0.05, 0) is 77.0 Å². The molecular formula is C36H54O6. The van der Waals surface area contributed by atoms with E-state index in [2.05, 4.69) is 43.1 Å². The lowest BCUT2D eigenvalue weighted by Gasteiger charge is -2.19. The van der Waals surface area contributed by atoms with Crippen molar-refractivity contribution >= 4 is 17.9 Å². The van der Waals surface area contributed by atoms with Gasteiger partial charge >= 0.3 is 17.9 Å².